The number of nitrogens with zero attached hydrogens (tertiary/aromatic N) is 4. The lowest BCUT2D eigenvalue weighted by Gasteiger charge is -2.33. The van der Waals surface area contributed by atoms with Crippen molar-refractivity contribution in [2.24, 2.45) is 4.99 Å². The summed E-state index contributed by atoms with van der Waals surface area (Å²) in [6, 6.07) is 11.8. The van der Waals surface area contributed by atoms with Gasteiger partial charge in [-0.1, -0.05) is 17.7 Å². The maximum atomic E-state index is 12.2. The zero-order chi connectivity index (χ0) is 29.1. The van der Waals surface area contributed by atoms with Crippen molar-refractivity contribution >= 4 is 22.7 Å². The summed E-state index contributed by atoms with van der Waals surface area (Å²) in [5, 5.41) is 0. The number of imidazole rings is 1. The van der Waals surface area contributed by atoms with Gasteiger partial charge in [0.1, 0.15) is 24.3 Å². The predicted octanol–water partition coefficient (Wildman–Crippen LogP) is 5.36. The standard InChI is InChI=1S/C33H40N4O5/c1-22-7-10-30(23(2)17-22)41-21-25-5-4-6-32(34-25)42-26-11-14-36(15-12-26)20-31-35-28-9-8-24(33(38)39-3)18-29(28)37(31)19-27-13-16-40-27/h6-10,17-18,26-27H,4-5,11-16,19-21H2,1-3H3/t27-/m0/s1. The number of likely N-dealkylation sites (tertiary alicyclic amines) is 1. The normalized spacial score (nSPS) is 19.6. The fourth-order valence-electron chi connectivity index (χ4n) is 5.85. The monoisotopic (exact) mass is 572 g/mol. The predicted molar refractivity (Wildman–Crippen MR) is 161 cm³/mol. The van der Waals surface area contributed by atoms with Crippen molar-refractivity contribution in [3.05, 3.63) is 70.9 Å². The minimum atomic E-state index is -0.341. The molecule has 0 unspecified atom stereocenters. The van der Waals surface area contributed by atoms with E-state index < -0.39 is 0 Å². The van der Waals surface area contributed by atoms with Gasteiger partial charge in [-0.15, -0.1) is 0 Å². The molecule has 1 aromatic heterocycles. The summed E-state index contributed by atoms with van der Waals surface area (Å²) in [4.78, 5) is 24.3. The second-order valence-corrected chi connectivity index (χ2v) is 11.5. The molecule has 0 bridgehead atoms. The third-order valence-corrected chi connectivity index (χ3v) is 8.36. The average Bonchev–Trinajstić information content (AvgIpc) is 3.31. The summed E-state index contributed by atoms with van der Waals surface area (Å²) in [5.41, 5.74) is 5.76. The van der Waals surface area contributed by atoms with Crippen LogP contribution in [0.1, 0.15) is 59.4 Å². The van der Waals surface area contributed by atoms with Crippen LogP contribution in [0.3, 0.4) is 0 Å². The average molecular weight is 573 g/mol. The quantitative estimate of drug-likeness (QED) is 0.302. The Morgan fingerprint density at radius 1 is 1.10 bits per heavy atom. The zero-order valence-corrected chi connectivity index (χ0v) is 24.8. The Balaban J connectivity index is 1.05. The molecule has 4 heterocycles. The van der Waals surface area contributed by atoms with E-state index in [9.17, 15) is 4.79 Å². The van der Waals surface area contributed by atoms with Gasteiger partial charge in [-0.3, -0.25) is 4.90 Å². The first kappa shape index (κ1) is 28.4. The molecule has 2 saturated heterocycles. The molecule has 3 aliphatic heterocycles. The van der Waals surface area contributed by atoms with Gasteiger partial charge in [0, 0.05) is 19.7 Å². The highest BCUT2D eigenvalue weighted by molar-refractivity contribution is 5.93. The van der Waals surface area contributed by atoms with Crippen LogP contribution in [0.25, 0.3) is 11.0 Å². The van der Waals surface area contributed by atoms with Crippen molar-refractivity contribution in [3.8, 4) is 5.75 Å². The van der Waals surface area contributed by atoms with Crippen LogP contribution in [0, 0.1) is 13.8 Å². The Morgan fingerprint density at radius 2 is 1.93 bits per heavy atom. The number of aliphatic imine (C=N–C) groups is 1. The number of aromatic nitrogens is 2. The molecule has 9 nitrogen and oxygen atoms in total. The lowest BCUT2D eigenvalue weighted by molar-refractivity contribution is -0.0592. The molecular formula is C33H40N4O5. The van der Waals surface area contributed by atoms with E-state index in [0.29, 0.717) is 12.2 Å². The molecule has 6 rings (SSSR count). The van der Waals surface area contributed by atoms with Crippen LogP contribution in [-0.2, 0) is 27.3 Å². The largest absolute Gasteiger partial charge is 0.487 e. The topological polar surface area (TPSA) is 87.4 Å². The number of piperidine rings is 1. The van der Waals surface area contributed by atoms with Crippen LogP contribution >= 0.6 is 0 Å². The van der Waals surface area contributed by atoms with Crippen molar-refractivity contribution in [3.63, 3.8) is 0 Å². The second kappa shape index (κ2) is 12.7. The first-order chi connectivity index (χ1) is 20.4. The fourth-order valence-corrected chi connectivity index (χ4v) is 5.85. The van der Waals surface area contributed by atoms with E-state index in [2.05, 4.69) is 41.5 Å². The molecule has 3 aliphatic rings. The van der Waals surface area contributed by atoms with Crippen molar-refractivity contribution in [2.75, 3.05) is 33.4 Å². The Bertz CT molecular complexity index is 1500. The molecule has 1 atom stereocenters. The molecule has 42 heavy (non-hydrogen) atoms. The maximum absolute atomic E-state index is 12.2. The van der Waals surface area contributed by atoms with E-state index in [1.54, 1.807) is 6.07 Å². The van der Waals surface area contributed by atoms with Gasteiger partial charge in [-0.25, -0.2) is 14.8 Å². The van der Waals surface area contributed by atoms with E-state index in [4.69, 9.17) is 28.9 Å². The molecule has 0 aliphatic carbocycles. The molecule has 2 fully saturated rings. The maximum Gasteiger partial charge on any atom is 0.337 e. The van der Waals surface area contributed by atoms with E-state index in [1.807, 2.05) is 18.2 Å². The van der Waals surface area contributed by atoms with E-state index in [-0.39, 0.29) is 18.2 Å². The molecule has 3 aromatic rings. The highest BCUT2D eigenvalue weighted by atomic mass is 16.5. The number of allylic oxidation sites excluding steroid dienone is 1. The smallest absolute Gasteiger partial charge is 0.337 e. The van der Waals surface area contributed by atoms with Crippen LogP contribution in [-0.4, -0.2) is 71.8 Å². The summed E-state index contributed by atoms with van der Waals surface area (Å²) < 4.78 is 25.3. The number of aryl methyl sites for hydroxylation is 2. The SMILES string of the molecule is COC(=O)c1ccc2nc(CN3CCC(OC4=CCCC(COc5ccc(C)cc5C)=N4)CC3)n(C[C@@H]3CCO3)c2c1. The number of esters is 1. The molecule has 0 spiro atoms. The van der Waals surface area contributed by atoms with Gasteiger partial charge < -0.3 is 23.5 Å². The Hall–Kier alpha value is -3.69. The zero-order valence-electron chi connectivity index (χ0n) is 24.8. The number of hydrogen-bond donors (Lipinski definition) is 0. The van der Waals surface area contributed by atoms with Crippen LogP contribution in [0.15, 0.2) is 53.3 Å². The van der Waals surface area contributed by atoms with E-state index >= 15 is 0 Å². The second-order valence-electron chi connectivity index (χ2n) is 11.5. The Kier molecular flexibility index (Phi) is 8.58. The molecule has 2 aromatic carbocycles. The van der Waals surface area contributed by atoms with Gasteiger partial charge in [0.25, 0.3) is 0 Å². The molecule has 0 N–H and O–H groups in total. The lowest BCUT2D eigenvalue weighted by Crippen LogP contribution is -2.38. The minimum absolute atomic E-state index is 0.140. The van der Waals surface area contributed by atoms with Gasteiger partial charge in [0.2, 0.25) is 5.88 Å². The molecule has 9 heteroatoms. The number of hydrogen-bond acceptors (Lipinski definition) is 8. The van der Waals surface area contributed by atoms with Crippen molar-refractivity contribution < 1.29 is 23.7 Å². The third-order valence-electron chi connectivity index (χ3n) is 8.36. The molecular weight excluding hydrogens is 532 g/mol. The minimum Gasteiger partial charge on any atom is -0.487 e. The third kappa shape index (κ3) is 6.52. The number of ether oxygens (including phenoxy) is 4. The van der Waals surface area contributed by atoms with Crippen LogP contribution in [0.4, 0.5) is 0 Å². The number of methoxy groups -OCH3 is 1. The lowest BCUT2D eigenvalue weighted by atomic mass is 10.1. The van der Waals surface area contributed by atoms with Crippen molar-refractivity contribution in [2.45, 2.75) is 71.2 Å². The van der Waals surface area contributed by atoms with Crippen molar-refractivity contribution in [1.82, 2.24) is 14.5 Å². The summed E-state index contributed by atoms with van der Waals surface area (Å²) in [6.45, 7) is 8.76. The van der Waals surface area contributed by atoms with Gasteiger partial charge >= 0.3 is 5.97 Å². The highest BCUT2D eigenvalue weighted by Crippen LogP contribution is 2.26. The van der Waals surface area contributed by atoms with Crippen LogP contribution < -0.4 is 4.74 Å². The number of benzene rings is 2. The molecule has 222 valence electrons. The summed E-state index contributed by atoms with van der Waals surface area (Å²) in [5.74, 6) is 2.29. The number of carbonyl (C=O) groups is 1. The summed E-state index contributed by atoms with van der Waals surface area (Å²) >= 11 is 0. The van der Waals surface area contributed by atoms with E-state index in [0.717, 1.165) is 105 Å². The molecule has 0 amide bonds. The number of carbonyl (C=O) groups excluding carboxylic acids is 1. The first-order valence-electron chi connectivity index (χ1n) is 15.0. The first-order valence-corrected chi connectivity index (χ1v) is 15.0. The highest BCUT2D eigenvalue weighted by Gasteiger charge is 2.26. The number of rotatable bonds is 10. The fraction of sp³-hybridized carbons (Fsp3) is 0.485. The van der Waals surface area contributed by atoms with E-state index in [1.165, 1.54) is 12.7 Å². The van der Waals surface area contributed by atoms with Gasteiger partial charge in [0.05, 0.1) is 48.6 Å². The van der Waals surface area contributed by atoms with Gasteiger partial charge in [-0.2, -0.15) is 0 Å². The number of fused-ring (bicyclic) bond motifs is 1. The Morgan fingerprint density at radius 3 is 2.67 bits per heavy atom. The Labute approximate surface area is 247 Å². The van der Waals surface area contributed by atoms with Crippen LogP contribution in [0.2, 0.25) is 0 Å². The summed E-state index contributed by atoms with van der Waals surface area (Å²) in [7, 11) is 1.41. The summed E-state index contributed by atoms with van der Waals surface area (Å²) in [6.07, 6.45) is 7.13. The molecule has 0 saturated carbocycles. The molecule has 0 radical (unpaired) electrons. The van der Waals surface area contributed by atoms with Gasteiger partial charge in [0.15, 0.2) is 0 Å². The van der Waals surface area contributed by atoms with Crippen molar-refractivity contribution in [1.29, 1.82) is 0 Å². The van der Waals surface area contributed by atoms with Crippen LogP contribution in [0.5, 0.6) is 5.75 Å². The van der Waals surface area contributed by atoms with Gasteiger partial charge in [-0.05, 0) is 81.9 Å².